The van der Waals surface area contributed by atoms with Crippen molar-refractivity contribution in [2.45, 2.75) is 109 Å². The van der Waals surface area contributed by atoms with Gasteiger partial charge in [-0.1, -0.05) is 51.3 Å². The standard InChI is InChI=1S/C42H53N9O6/c1-27(2)32-25-44-51-38(32)47-42(57-30-19-21-49(3)22-20-30)48-41(51)43-24-28-13-15-29(16-14-28)45-36(52)12-7-5-4-6-8-23-56-35-11-9-10-31-33(35)26-50(40(31)55)34-17-18-37(53)46-39(34)54/h9-11,13-16,25,27,30,34H,4-8,12,17-24,26H2,1-3H3,(H,45,52)(H,43,47,48)(H,46,53,54). The number of rotatable bonds is 17. The molecule has 2 aromatic carbocycles. The Morgan fingerprint density at radius 3 is 2.51 bits per heavy atom. The Balaban J connectivity index is 0.808. The summed E-state index contributed by atoms with van der Waals surface area (Å²) in [6, 6.07) is 12.9. The minimum atomic E-state index is -0.653. The number of nitrogens with one attached hydrogen (secondary N) is 3. The number of benzene rings is 2. The van der Waals surface area contributed by atoms with Crippen molar-refractivity contribution in [3.63, 3.8) is 0 Å². The highest BCUT2D eigenvalue weighted by Crippen LogP contribution is 2.34. The van der Waals surface area contributed by atoms with Crippen molar-refractivity contribution < 1.29 is 28.7 Å². The van der Waals surface area contributed by atoms with Crippen LogP contribution in [0, 0.1) is 0 Å². The van der Waals surface area contributed by atoms with Gasteiger partial charge in [0.05, 0.1) is 19.3 Å². The van der Waals surface area contributed by atoms with E-state index >= 15 is 0 Å². The largest absolute Gasteiger partial charge is 0.493 e. The maximum Gasteiger partial charge on any atom is 0.322 e. The molecule has 3 N–H and O–H groups in total. The van der Waals surface area contributed by atoms with Gasteiger partial charge in [0, 0.05) is 54.9 Å². The minimum absolute atomic E-state index is 0.0109. The maximum absolute atomic E-state index is 13.1. The lowest BCUT2D eigenvalue weighted by Crippen LogP contribution is -2.52. The molecule has 57 heavy (non-hydrogen) atoms. The van der Waals surface area contributed by atoms with Crippen LogP contribution >= 0.6 is 0 Å². The van der Waals surface area contributed by atoms with Gasteiger partial charge in [0.15, 0.2) is 5.65 Å². The SMILES string of the molecule is CC(C)c1cnn2c(NCc3ccc(NC(=O)CCCCCCCOc4cccc5c4CN(C4CCC(=O)NC4=O)C5=O)cc3)nc(OC3CCN(C)CC3)nc12. The van der Waals surface area contributed by atoms with Crippen LogP contribution in [0.25, 0.3) is 5.65 Å². The second-order valence-electron chi connectivity index (χ2n) is 15.6. The summed E-state index contributed by atoms with van der Waals surface area (Å²) in [6.07, 6.45) is 9.30. The number of imide groups is 1. The molecule has 4 amide bonds. The second kappa shape index (κ2) is 18.1. The zero-order valence-electron chi connectivity index (χ0n) is 33.1. The molecule has 1 atom stereocenters. The molecule has 3 aliphatic heterocycles. The van der Waals surface area contributed by atoms with E-state index in [0.717, 1.165) is 86.1 Å². The van der Waals surface area contributed by atoms with Gasteiger partial charge in [0.25, 0.3) is 5.91 Å². The monoisotopic (exact) mass is 779 g/mol. The summed E-state index contributed by atoms with van der Waals surface area (Å²) in [4.78, 5) is 63.0. The summed E-state index contributed by atoms with van der Waals surface area (Å²) in [7, 11) is 2.12. The quantitative estimate of drug-likeness (QED) is 0.0919. The molecule has 0 bridgehead atoms. The summed E-state index contributed by atoms with van der Waals surface area (Å²) in [5.74, 6) is 0.515. The summed E-state index contributed by atoms with van der Waals surface area (Å²) >= 11 is 0. The van der Waals surface area contributed by atoms with E-state index in [1.54, 1.807) is 16.6 Å². The predicted molar refractivity (Wildman–Crippen MR) is 214 cm³/mol. The Kier molecular flexibility index (Phi) is 12.6. The number of carbonyl (C=O) groups is 4. The summed E-state index contributed by atoms with van der Waals surface area (Å²) in [5, 5.41) is 13.3. The van der Waals surface area contributed by atoms with Crippen LogP contribution in [0.2, 0.25) is 0 Å². The first-order valence-corrected chi connectivity index (χ1v) is 20.3. The lowest BCUT2D eigenvalue weighted by molar-refractivity contribution is -0.137. The molecular formula is C42H53N9O6. The highest BCUT2D eigenvalue weighted by Gasteiger charge is 2.40. The van der Waals surface area contributed by atoms with Crippen molar-refractivity contribution in [1.82, 2.24) is 34.7 Å². The first-order valence-electron chi connectivity index (χ1n) is 20.3. The zero-order chi connectivity index (χ0) is 39.9. The molecule has 2 aromatic heterocycles. The third kappa shape index (κ3) is 9.70. The molecule has 0 radical (unpaired) electrons. The summed E-state index contributed by atoms with van der Waals surface area (Å²) < 4.78 is 14.1. The van der Waals surface area contributed by atoms with E-state index in [1.807, 2.05) is 36.5 Å². The summed E-state index contributed by atoms with van der Waals surface area (Å²) in [5.41, 5.74) is 4.88. The number of piperidine rings is 2. The van der Waals surface area contributed by atoms with E-state index in [4.69, 9.17) is 19.4 Å². The van der Waals surface area contributed by atoms with E-state index in [0.29, 0.717) is 49.3 Å². The van der Waals surface area contributed by atoms with E-state index in [2.05, 4.69) is 46.8 Å². The van der Waals surface area contributed by atoms with Gasteiger partial charge in [-0.15, -0.1) is 0 Å². The molecule has 15 heteroatoms. The van der Waals surface area contributed by atoms with Gasteiger partial charge >= 0.3 is 6.01 Å². The number of anilines is 2. The second-order valence-corrected chi connectivity index (χ2v) is 15.6. The predicted octanol–water partition coefficient (Wildman–Crippen LogP) is 5.45. The number of amides is 4. The molecular weight excluding hydrogens is 727 g/mol. The van der Waals surface area contributed by atoms with Crippen LogP contribution in [0.3, 0.4) is 0 Å². The molecule has 5 heterocycles. The smallest absolute Gasteiger partial charge is 0.322 e. The summed E-state index contributed by atoms with van der Waals surface area (Å²) in [6.45, 7) is 7.51. The van der Waals surface area contributed by atoms with Crippen molar-refractivity contribution in [3.05, 3.63) is 70.9 Å². The van der Waals surface area contributed by atoms with Crippen LogP contribution in [0.15, 0.2) is 48.7 Å². The van der Waals surface area contributed by atoms with Crippen LogP contribution in [0.4, 0.5) is 11.6 Å². The van der Waals surface area contributed by atoms with E-state index in [9.17, 15) is 19.2 Å². The molecule has 15 nitrogen and oxygen atoms in total. The average Bonchev–Trinajstić information content (AvgIpc) is 3.78. The average molecular weight is 780 g/mol. The number of unbranched alkanes of at least 4 members (excludes halogenated alkanes) is 4. The van der Waals surface area contributed by atoms with Gasteiger partial charge in [0.1, 0.15) is 17.9 Å². The normalized spacial score (nSPS) is 17.6. The third-order valence-electron chi connectivity index (χ3n) is 11.0. The highest BCUT2D eigenvalue weighted by molar-refractivity contribution is 6.05. The highest BCUT2D eigenvalue weighted by atomic mass is 16.5. The first kappa shape index (κ1) is 39.7. The Hall–Kier alpha value is -5.57. The Morgan fingerprint density at radius 1 is 0.965 bits per heavy atom. The number of likely N-dealkylation sites (tertiary alicyclic amines) is 1. The van der Waals surface area contributed by atoms with Crippen LogP contribution < -0.4 is 25.4 Å². The van der Waals surface area contributed by atoms with Gasteiger partial charge < -0.3 is 29.9 Å². The molecule has 7 rings (SSSR count). The molecule has 1 unspecified atom stereocenters. The fourth-order valence-corrected chi connectivity index (χ4v) is 7.60. The van der Waals surface area contributed by atoms with E-state index < -0.39 is 11.9 Å². The Bertz CT molecular complexity index is 2080. The molecule has 0 saturated carbocycles. The van der Waals surface area contributed by atoms with Crippen molar-refractivity contribution in [1.29, 1.82) is 0 Å². The van der Waals surface area contributed by atoms with Crippen LogP contribution in [-0.2, 0) is 27.5 Å². The van der Waals surface area contributed by atoms with Crippen LogP contribution in [-0.4, -0.2) is 91.9 Å². The van der Waals surface area contributed by atoms with E-state index in [-0.39, 0.29) is 42.7 Å². The number of hydrogen-bond donors (Lipinski definition) is 3. The minimum Gasteiger partial charge on any atom is -0.493 e. The van der Waals surface area contributed by atoms with Crippen molar-refractivity contribution >= 4 is 40.9 Å². The molecule has 0 spiro atoms. The molecule has 302 valence electrons. The van der Waals surface area contributed by atoms with Crippen LogP contribution in [0.1, 0.15) is 111 Å². The van der Waals surface area contributed by atoms with Gasteiger partial charge in [-0.05, 0) is 74.9 Å². The lowest BCUT2D eigenvalue weighted by atomic mass is 10.0. The van der Waals surface area contributed by atoms with Crippen molar-refractivity contribution in [2.75, 3.05) is 37.4 Å². The number of nitrogens with zero attached hydrogens (tertiary/aromatic N) is 6. The molecule has 2 fully saturated rings. The topological polar surface area (TPSA) is 172 Å². The number of hydrogen-bond acceptors (Lipinski definition) is 11. The Labute approximate surface area is 332 Å². The fraction of sp³-hybridized carbons (Fsp3) is 0.500. The van der Waals surface area contributed by atoms with Gasteiger partial charge in [-0.2, -0.15) is 19.6 Å². The Morgan fingerprint density at radius 2 is 1.74 bits per heavy atom. The number of carbonyl (C=O) groups excluding carboxylic acids is 4. The fourth-order valence-electron chi connectivity index (χ4n) is 7.60. The van der Waals surface area contributed by atoms with Gasteiger partial charge in [-0.3, -0.25) is 24.5 Å². The van der Waals surface area contributed by atoms with Gasteiger partial charge in [-0.25, -0.2) is 0 Å². The van der Waals surface area contributed by atoms with Crippen LogP contribution in [0.5, 0.6) is 11.8 Å². The van der Waals surface area contributed by atoms with Crippen molar-refractivity contribution in [3.8, 4) is 11.8 Å². The number of aromatic nitrogens is 4. The molecule has 4 aromatic rings. The number of ether oxygens (including phenoxy) is 2. The van der Waals surface area contributed by atoms with Gasteiger partial charge in [0.2, 0.25) is 23.7 Å². The third-order valence-corrected chi connectivity index (χ3v) is 11.0. The molecule has 3 aliphatic rings. The maximum atomic E-state index is 13.1. The molecule has 0 aliphatic carbocycles. The zero-order valence-corrected chi connectivity index (χ0v) is 33.1. The number of fused-ring (bicyclic) bond motifs is 2. The molecule has 2 saturated heterocycles. The van der Waals surface area contributed by atoms with Crippen molar-refractivity contribution in [2.24, 2.45) is 0 Å². The first-order chi connectivity index (χ1) is 27.6. The lowest BCUT2D eigenvalue weighted by Gasteiger charge is -2.29. The van der Waals surface area contributed by atoms with E-state index in [1.165, 1.54) is 4.90 Å².